The van der Waals surface area contributed by atoms with Crippen LogP contribution in [0.15, 0.2) is 30.3 Å². The first-order valence-corrected chi connectivity index (χ1v) is 9.18. The lowest BCUT2D eigenvalue weighted by Crippen LogP contribution is -2.38. The molecule has 0 spiro atoms. The average molecular weight is 297 g/mol. The molecule has 1 rings (SSSR count). The second-order valence-electron chi connectivity index (χ2n) is 4.65. The van der Waals surface area contributed by atoms with E-state index >= 15 is 0 Å². The largest absolute Gasteiger partial charge is 0.465 e. The molecule has 0 amide bonds. The minimum absolute atomic E-state index is 0.328. The standard InChI is InChI=1S/C15H24NO3P/c1-4-19-15(17)14(16-20(18,5-2)6-3)12-13-10-8-7-9-11-13/h7-11,14H,4-6,12H2,1-3H3,(H,16,18)/t14-/m0/s1. The molecule has 0 bridgehead atoms. The molecule has 5 heteroatoms. The van der Waals surface area contributed by atoms with E-state index in [1.54, 1.807) is 6.92 Å². The van der Waals surface area contributed by atoms with Crippen molar-refractivity contribution in [2.75, 3.05) is 18.9 Å². The van der Waals surface area contributed by atoms with Gasteiger partial charge in [-0.1, -0.05) is 44.2 Å². The van der Waals surface area contributed by atoms with Gasteiger partial charge in [-0.25, -0.2) is 0 Å². The number of rotatable bonds is 8. The molecule has 4 nitrogen and oxygen atoms in total. The third-order valence-corrected chi connectivity index (χ3v) is 6.09. The topological polar surface area (TPSA) is 55.4 Å². The third kappa shape index (κ3) is 5.10. The zero-order valence-corrected chi connectivity index (χ0v) is 13.4. The number of esters is 1. The van der Waals surface area contributed by atoms with Crippen LogP contribution >= 0.6 is 7.29 Å². The summed E-state index contributed by atoms with van der Waals surface area (Å²) < 4.78 is 17.6. The number of carbonyl (C=O) groups is 1. The predicted octanol–water partition coefficient (Wildman–Crippen LogP) is 3.07. The lowest BCUT2D eigenvalue weighted by Gasteiger charge is -2.23. The van der Waals surface area contributed by atoms with E-state index < -0.39 is 13.3 Å². The SMILES string of the molecule is CCOC(=O)[C@H](Cc1ccccc1)NP(=O)(CC)CC. The van der Waals surface area contributed by atoms with Gasteiger partial charge in [0.1, 0.15) is 13.3 Å². The highest BCUT2D eigenvalue weighted by Gasteiger charge is 2.28. The van der Waals surface area contributed by atoms with Gasteiger partial charge in [0.15, 0.2) is 0 Å². The molecule has 0 unspecified atom stereocenters. The van der Waals surface area contributed by atoms with Crippen molar-refractivity contribution in [1.29, 1.82) is 0 Å². The van der Waals surface area contributed by atoms with Gasteiger partial charge in [0.05, 0.1) is 6.61 Å². The number of carbonyl (C=O) groups excluding carboxylic acids is 1. The van der Waals surface area contributed by atoms with Crippen molar-refractivity contribution in [3.05, 3.63) is 35.9 Å². The van der Waals surface area contributed by atoms with Gasteiger partial charge in [0.25, 0.3) is 0 Å². The molecule has 0 aliphatic rings. The fourth-order valence-corrected chi connectivity index (χ4v) is 3.54. The minimum atomic E-state index is -2.50. The van der Waals surface area contributed by atoms with E-state index in [-0.39, 0.29) is 5.97 Å². The van der Waals surface area contributed by atoms with Crippen LogP contribution in [0.3, 0.4) is 0 Å². The maximum Gasteiger partial charge on any atom is 0.323 e. The van der Waals surface area contributed by atoms with Crippen LogP contribution in [0.1, 0.15) is 26.3 Å². The van der Waals surface area contributed by atoms with E-state index in [0.29, 0.717) is 25.4 Å². The summed E-state index contributed by atoms with van der Waals surface area (Å²) >= 11 is 0. The van der Waals surface area contributed by atoms with E-state index in [1.165, 1.54) is 0 Å². The molecule has 1 N–H and O–H groups in total. The average Bonchev–Trinajstić information content (AvgIpc) is 2.47. The molecule has 0 aliphatic carbocycles. The summed E-state index contributed by atoms with van der Waals surface area (Å²) in [6.07, 6.45) is 1.56. The van der Waals surface area contributed by atoms with E-state index in [2.05, 4.69) is 5.09 Å². The maximum absolute atomic E-state index is 12.5. The van der Waals surface area contributed by atoms with Gasteiger partial charge in [-0.3, -0.25) is 9.88 Å². The van der Waals surface area contributed by atoms with Gasteiger partial charge in [0, 0.05) is 12.3 Å². The zero-order valence-electron chi connectivity index (χ0n) is 12.5. The summed E-state index contributed by atoms with van der Waals surface area (Å²) in [5.41, 5.74) is 1.02. The Morgan fingerprint density at radius 2 is 1.80 bits per heavy atom. The summed E-state index contributed by atoms with van der Waals surface area (Å²) in [5, 5.41) is 3.04. The van der Waals surface area contributed by atoms with Gasteiger partial charge in [-0.15, -0.1) is 0 Å². The van der Waals surface area contributed by atoms with E-state index in [4.69, 9.17) is 4.74 Å². The third-order valence-electron chi connectivity index (χ3n) is 3.27. The lowest BCUT2D eigenvalue weighted by atomic mass is 10.1. The molecule has 0 radical (unpaired) electrons. The molecule has 20 heavy (non-hydrogen) atoms. The first-order chi connectivity index (χ1) is 9.54. The Hall–Kier alpha value is -1.12. The molecule has 1 atom stereocenters. The van der Waals surface area contributed by atoms with Crippen molar-refractivity contribution in [3.63, 3.8) is 0 Å². The molecule has 0 saturated heterocycles. The highest BCUT2D eigenvalue weighted by Crippen LogP contribution is 2.40. The molecule has 0 aromatic heterocycles. The number of hydrogen-bond acceptors (Lipinski definition) is 3. The van der Waals surface area contributed by atoms with Crippen LogP contribution in [0, 0.1) is 0 Å². The predicted molar refractivity (Wildman–Crippen MR) is 82.4 cm³/mol. The molecular weight excluding hydrogens is 273 g/mol. The van der Waals surface area contributed by atoms with Crippen LogP contribution in [0.5, 0.6) is 0 Å². The molecule has 112 valence electrons. The Morgan fingerprint density at radius 3 is 2.30 bits per heavy atom. The highest BCUT2D eigenvalue weighted by atomic mass is 31.2. The van der Waals surface area contributed by atoms with Gasteiger partial charge in [-0.05, 0) is 18.9 Å². The van der Waals surface area contributed by atoms with E-state index in [9.17, 15) is 9.36 Å². The van der Waals surface area contributed by atoms with Crippen molar-refractivity contribution in [1.82, 2.24) is 5.09 Å². The fourth-order valence-electron chi connectivity index (χ4n) is 1.96. The van der Waals surface area contributed by atoms with Crippen molar-refractivity contribution >= 4 is 13.3 Å². The van der Waals surface area contributed by atoms with E-state index in [0.717, 1.165) is 5.56 Å². The summed E-state index contributed by atoms with van der Waals surface area (Å²) in [5.74, 6) is -0.335. The number of ether oxygens (including phenoxy) is 1. The second kappa shape index (κ2) is 8.23. The van der Waals surface area contributed by atoms with Gasteiger partial charge in [-0.2, -0.15) is 0 Å². The number of hydrogen-bond donors (Lipinski definition) is 1. The van der Waals surface area contributed by atoms with E-state index in [1.807, 2.05) is 44.2 Å². The zero-order chi connectivity index (χ0) is 15.0. The molecule has 0 aliphatic heterocycles. The van der Waals surface area contributed by atoms with Crippen molar-refractivity contribution < 1.29 is 14.1 Å². The van der Waals surface area contributed by atoms with Crippen LogP contribution in [0.2, 0.25) is 0 Å². The summed E-state index contributed by atoms with van der Waals surface area (Å²) in [6, 6.07) is 9.14. The smallest absolute Gasteiger partial charge is 0.323 e. The van der Waals surface area contributed by atoms with Crippen LogP contribution in [-0.4, -0.2) is 30.9 Å². The van der Waals surface area contributed by atoms with Crippen LogP contribution in [0.25, 0.3) is 0 Å². The monoisotopic (exact) mass is 297 g/mol. The highest BCUT2D eigenvalue weighted by molar-refractivity contribution is 7.61. The van der Waals surface area contributed by atoms with Crippen LogP contribution < -0.4 is 5.09 Å². The van der Waals surface area contributed by atoms with Crippen molar-refractivity contribution in [2.45, 2.75) is 33.2 Å². The molecule has 1 aromatic carbocycles. The molecule has 0 saturated carbocycles. The summed E-state index contributed by atoms with van der Waals surface area (Å²) in [6.45, 7) is 5.86. The molecule has 1 aromatic rings. The van der Waals surface area contributed by atoms with Crippen LogP contribution in [-0.2, 0) is 20.5 Å². The minimum Gasteiger partial charge on any atom is -0.465 e. The second-order valence-corrected chi connectivity index (χ2v) is 7.95. The first kappa shape index (κ1) is 16.9. The first-order valence-electron chi connectivity index (χ1n) is 7.11. The number of benzene rings is 1. The Labute approximate surface area is 121 Å². The normalized spacial score (nSPS) is 12.9. The summed E-state index contributed by atoms with van der Waals surface area (Å²) in [7, 11) is -2.50. The Morgan fingerprint density at radius 1 is 1.20 bits per heavy atom. The Balaban J connectivity index is 2.85. The van der Waals surface area contributed by atoms with Gasteiger partial charge < -0.3 is 9.30 Å². The maximum atomic E-state index is 12.5. The van der Waals surface area contributed by atoms with Crippen molar-refractivity contribution in [3.8, 4) is 0 Å². The Bertz CT molecular complexity index is 453. The van der Waals surface area contributed by atoms with Gasteiger partial charge >= 0.3 is 5.97 Å². The Kier molecular flexibility index (Phi) is 6.97. The quantitative estimate of drug-likeness (QED) is 0.592. The molecule has 0 heterocycles. The van der Waals surface area contributed by atoms with Crippen LogP contribution in [0.4, 0.5) is 0 Å². The summed E-state index contributed by atoms with van der Waals surface area (Å²) in [4.78, 5) is 12.1. The molecular formula is C15H24NO3P. The lowest BCUT2D eigenvalue weighted by molar-refractivity contribution is -0.145. The van der Waals surface area contributed by atoms with Gasteiger partial charge in [0.2, 0.25) is 0 Å². The van der Waals surface area contributed by atoms with Crippen molar-refractivity contribution in [2.24, 2.45) is 0 Å². The molecule has 0 fully saturated rings. The number of nitrogens with one attached hydrogen (secondary N) is 1. The fraction of sp³-hybridized carbons (Fsp3) is 0.533.